The molecule has 0 radical (unpaired) electrons. The first-order chi connectivity index (χ1) is 15.1. The molecular formula is C23H16BrN3O3S. The highest BCUT2D eigenvalue weighted by Crippen LogP contribution is 2.34. The Labute approximate surface area is 190 Å². The number of hydrogen-bond acceptors (Lipinski definition) is 6. The number of amides is 1. The van der Waals surface area contributed by atoms with Gasteiger partial charge in [0.1, 0.15) is 0 Å². The minimum Gasteiger partial charge on any atom is -0.493 e. The quantitative estimate of drug-likeness (QED) is 0.297. The molecule has 3 heterocycles. The summed E-state index contributed by atoms with van der Waals surface area (Å²) in [5, 5.41) is 1.38. The van der Waals surface area contributed by atoms with Crippen molar-refractivity contribution in [3.8, 4) is 5.75 Å². The van der Waals surface area contributed by atoms with E-state index in [-0.39, 0.29) is 18.2 Å². The van der Waals surface area contributed by atoms with Crippen LogP contribution in [0.1, 0.15) is 16.2 Å². The largest absolute Gasteiger partial charge is 0.493 e. The highest BCUT2D eigenvalue weighted by molar-refractivity contribution is 9.10. The molecule has 6 nitrogen and oxygen atoms in total. The second kappa shape index (κ2) is 8.13. The van der Waals surface area contributed by atoms with E-state index in [1.165, 1.54) is 11.3 Å². The Morgan fingerprint density at radius 3 is 2.87 bits per heavy atom. The number of carbonyl (C=O) groups is 1. The number of furan rings is 1. The summed E-state index contributed by atoms with van der Waals surface area (Å²) in [7, 11) is 1.57. The molecule has 5 aromatic rings. The van der Waals surface area contributed by atoms with E-state index in [0.29, 0.717) is 16.5 Å². The molecule has 0 saturated heterocycles. The van der Waals surface area contributed by atoms with Crippen molar-refractivity contribution >= 4 is 59.5 Å². The van der Waals surface area contributed by atoms with Gasteiger partial charge in [-0.05, 0) is 42.5 Å². The molecule has 0 N–H and O–H groups in total. The van der Waals surface area contributed by atoms with Crippen LogP contribution >= 0.6 is 27.3 Å². The molecule has 0 fully saturated rings. The zero-order chi connectivity index (χ0) is 21.4. The SMILES string of the molecule is COc1cccc2cc(C(=O)N(Cc3ccccn3)c3nc4ccc(Br)cc4s3)oc12. The number of benzene rings is 2. The third-order valence-electron chi connectivity index (χ3n) is 4.80. The van der Waals surface area contributed by atoms with E-state index >= 15 is 0 Å². The second-order valence-corrected chi connectivity index (χ2v) is 8.73. The number of hydrogen-bond donors (Lipinski definition) is 0. The summed E-state index contributed by atoms with van der Waals surface area (Å²) in [4.78, 5) is 24.3. The molecule has 0 aliphatic carbocycles. The average molecular weight is 494 g/mol. The average Bonchev–Trinajstić information content (AvgIpc) is 3.41. The van der Waals surface area contributed by atoms with E-state index in [0.717, 1.165) is 25.8 Å². The van der Waals surface area contributed by atoms with Crippen LogP contribution in [0.4, 0.5) is 5.13 Å². The summed E-state index contributed by atoms with van der Waals surface area (Å²) in [6, 6.07) is 18.8. The minimum atomic E-state index is -0.290. The molecule has 0 bridgehead atoms. The number of aromatic nitrogens is 2. The number of fused-ring (bicyclic) bond motifs is 2. The summed E-state index contributed by atoms with van der Waals surface area (Å²) in [6.07, 6.45) is 1.71. The molecule has 5 rings (SSSR count). The fourth-order valence-corrected chi connectivity index (χ4v) is 4.83. The van der Waals surface area contributed by atoms with E-state index in [1.54, 1.807) is 30.3 Å². The first-order valence-corrected chi connectivity index (χ1v) is 11.1. The Morgan fingerprint density at radius 2 is 2.06 bits per heavy atom. The van der Waals surface area contributed by atoms with Crippen molar-refractivity contribution in [3.63, 3.8) is 0 Å². The molecule has 2 aromatic carbocycles. The van der Waals surface area contributed by atoms with Gasteiger partial charge < -0.3 is 9.15 Å². The molecule has 0 unspecified atom stereocenters. The van der Waals surface area contributed by atoms with Crippen molar-refractivity contribution in [2.45, 2.75) is 6.54 Å². The molecule has 0 aliphatic rings. The molecule has 154 valence electrons. The van der Waals surface area contributed by atoms with Gasteiger partial charge in [0.15, 0.2) is 22.2 Å². The Balaban J connectivity index is 1.60. The lowest BCUT2D eigenvalue weighted by Crippen LogP contribution is -2.30. The van der Waals surface area contributed by atoms with Crippen molar-refractivity contribution in [1.82, 2.24) is 9.97 Å². The van der Waals surface area contributed by atoms with Crippen LogP contribution in [0.3, 0.4) is 0 Å². The number of nitrogens with zero attached hydrogens (tertiary/aromatic N) is 3. The number of para-hydroxylation sites is 1. The van der Waals surface area contributed by atoms with Gasteiger partial charge in [-0.1, -0.05) is 45.5 Å². The number of methoxy groups -OCH3 is 1. The van der Waals surface area contributed by atoms with Gasteiger partial charge in [0, 0.05) is 16.1 Å². The molecule has 8 heteroatoms. The van der Waals surface area contributed by atoms with Gasteiger partial charge in [0.25, 0.3) is 5.91 Å². The van der Waals surface area contributed by atoms with Crippen molar-refractivity contribution < 1.29 is 13.9 Å². The Kier molecular flexibility index (Phi) is 5.17. The first-order valence-electron chi connectivity index (χ1n) is 9.47. The maximum absolute atomic E-state index is 13.6. The topological polar surface area (TPSA) is 68.5 Å². The molecule has 0 saturated carbocycles. The Bertz CT molecular complexity index is 1400. The van der Waals surface area contributed by atoms with Gasteiger partial charge in [0.05, 0.1) is 29.6 Å². The highest BCUT2D eigenvalue weighted by Gasteiger charge is 2.26. The molecule has 3 aromatic heterocycles. The number of rotatable bonds is 5. The van der Waals surface area contributed by atoms with Crippen LogP contribution in [-0.2, 0) is 6.54 Å². The lowest BCUT2D eigenvalue weighted by atomic mass is 10.2. The van der Waals surface area contributed by atoms with Gasteiger partial charge in [0.2, 0.25) is 0 Å². The zero-order valence-corrected chi connectivity index (χ0v) is 18.8. The third-order valence-corrected chi connectivity index (χ3v) is 6.33. The number of pyridine rings is 1. The van der Waals surface area contributed by atoms with Crippen molar-refractivity contribution in [2.24, 2.45) is 0 Å². The lowest BCUT2D eigenvalue weighted by Gasteiger charge is -2.18. The van der Waals surface area contributed by atoms with E-state index in [9.17, 15) is 4.79 Å². The monoisotopic (exact) mass is 493 g/mol. The number of thiazole rings is 1. The van der Waals surface area contributed by atoms with E-state index < -0.39 is 0 Å². The fourth-order valence-electron chi connectivity index (χ4n) is 3.32. The molecular weight excluding hydrogens is 478 g/mol. The van der Waals surface area contributed by atoms with Crippen LogP contribution in [0.5, 0.6) is 5.75 Å². The van der Waals surface area contributed by atoms with Gasteiger partial charge in [-0.2, -0.15) is 0 Å². The van der Waals surface area contributed by atoms with Crippen molar-refractivity contribution in [2.75, 3.05) is 12.0 Å². The standard InChI is InChI=1S/C23H16BrN3O3S/c1-29-18-7-4-5-14-11-19(30-21(14)18)22(28)27(13-16-6-2-3-10-25-16)23-26-17-9-8-15(24)12-20(17)31-23/h2-12H,13H2,1H3. The lowest BCUT2D eigenvalue weighted by molar-refractivity contribution is 0.0960. The van der Waals surface area contributed by atoms with E-state index in [2.05, 4.69) is 20.9 Å². The van der Waals surface area contributed by atoms with Gasteiger partial charge in [-0.15, -0.1) is 0 Å². The third kappa shape index (κ3) is 3.80. The maximum atomic E-state index is 13.6. The first kappa shape index (κ1) is 19.7. The summed E-state index contributed by atoms with van der Waals surface area (Å²) < 4.78 is 13.2. The van der Waals surface area contributed by atoms with Crippen LogP contribution in [0, 0.1) is 0 Å². The predicted molar refractivity (Wildman–Crippen MR) is 125 cm³/mol. The maximum Gasteiger partial charge on any atom is 0.296 e. The number of carbonyl (C=O) groups excluding carboxylic acids is 1. The van der Waals surface area contributed by atoms with Crippen molar-refractivity contribution in [3.05, 3.63) is 82.8 Å². The van der Waals surface area contributed by atoms with Gasteiger partial charge in [-0.25, -0.2) is 4.98 Å². The highest BCUT2D eigenvalue weighted by atomic mass is 79.9. The van der Waals surface area contributed by atoms with Crippen LogP contribution in [0.15, 0.2) is 75.8 Å². The predicted octanol–water partition coefficient (Wildman–Crippen LogP) is 6.06. The summed E-state index contributed by atoms with van der Waals surface area (Å²) in [5.41, 5.74) is 2.12. The summed E-state index contributed by atoms with van der Waals surface area (Å²) in [5.74, 6) is 0.510. The van der Waals surface area contributed by atoms with Gasteiger partial charge >= 0.3 is 0 Å². The van der Waals surface area contributed by atoms with Crippen LogP contribution < -0.4 is 9.64 Å². The second-order valence-electron chi connectivity index (χ2n) is 6.81. The van der Waals surface area contributed by atoms with Crippen LogP contribution in [0.2, 0.25) is 0 Å². The Morgan fingerprint density at radius 1 is 1.16 bits per heavy atom. The fraction of sp³-hybridized carbons (Fsp3) is 0.0870. The van der Waals surface area contributed by atoms with E-state index in [4.69, 9.17) is 14.1 Å². The number of ether oxygens (including phenoxy) is 1. The van der Waals surface area contributed by atoms with E-state index in [1.807, 2.05) is 48.5 Å². The smallest absolute Gasteiger partial charge is 0.296 e. The number of anilines is 1. The van der Waals surface area contributed by atoms with Crippen LogP contribution in [-0.4, -0.2) is 23.0 Å². The zero-order valence-electron chi connectivity index (χ0n) is 16.4. The normalized spacial score (nSPS) is 11.2. The Hall–Kier alpha value is -3.23. The van der Waals surface area contributed by atoms with Crippen LogP contribution in [0.25, 0.3) is 21.2 Å². The molecule has 31 heavy (non-hydrogen) atoms. The molecule has 1 amide bonds. The summed E-state index contributed by atoms with van der Waals surface area (Å²) in [6.45, 7) is 0.273. The van der Waals surface area contributed by atoms with Crippen molar-refractivity contribution in [1.29, 1.82) is 0 Å². The molecule has 0 spiro atoms. The summed E-state index contributed by atoms with van der Waals surface area (Å²) >= 11 is 4.94. The molecule has 0 atom stereocenters. The molecule has 0 aliphatic heterocycles. The number of halogens is 1. The van der Waals surface area contributed by atoms with Gasteiger partial charge in [-0.3, -0.25) is 14.7 Å². The minimum absolute atomic E-state index is 0.218.